The summed E-state index contributed by atoms with van der Waals surface area (Å²) in [6.45, 7) is 0. The number of allylic oxidation sites excluding steroid dienone is 2. The summed E-state index contributed by atoms with van der Waals surface area (Å²) in [5.74, 6) is -0.00548. The number of fused-ring (bicyclic) bond motifs is 1. The third-order valence-electron chi connectivity index (χ3n) is 8.31. The summed E-state index contributed by atoms with van der Waals surface area (Å²) in [5, 5.41) is 4.40. The molecule has 0 radical (unpaired) electrons. The summed E-state index contributed by atoms with van der Waals surface area (Å²) in [5.41, 5.74) is 1.78. The fourth-order valence-corrected chi connectivity index (χ4v) is 10.6. The molecule has 0 aliphatic heterocycles. The van der Waals surface area contributed by atoms with Crippen molar-refractivity contribution in [2.75, 3.05) is 6.16 Å². The Labute approximate surface area is 262 Å². The molecular weight excluding hydrogens is 599 g/mol. The Morgan fingerprint density at radius 3 is 1.36 bits per heavy atom. The van der Waals surface area contributed by atoms with Crippen molar-refractivity contribution in [2.24, 2.45) is 0 Å². The molecule has 0 atom stereocenters. The Bertz CT molecular complexity index is 1370. The molecule has 0 fully saturated rings. The fourth-order valence-electron chi connectivity index (χ4n) is 6.16. The molecule has 1 aliphatic rings. The molecule has 2 nitrogen and oxygen atoms in total. The lowest BCUT2D eigenvalue weighted by molar-refractivity contribution is -0.0000220. The molecule has 0 amide bonds. The molecule has 4 aromatic rings. The third kappa shape index (κ3) is 7.44. The predicted molar refractivity (Wildman–Crippen MR) is 175 cm³/mol. The van der Waals surface area contributed by atoms with E-state index in [0.717, 1.165) is 12.8 Å². The molecule has 0 spiro atoms. The molecule has 42 heavy (non-hydrogen) atoms. The van der Waals surface area contributed by atoms with Crippen molar-refractivity contribution in [1.82, 2.24) is 0 Å². The molecule has 5 rings (SSSR count). The number of unbranched alkanes of at least 4 members (excludes halogenated alkanes) is 7. The van der Waals surface area contributed by atoms with E-state index < -0.39 is 7.26 Å². The van der Waals surface area contributed by atoms with Gasteiger partial charge in [0.1, 0.15) is 23.2 Å². The van der Waals surface area contributed by atoms with Crippen molar-refractivity contribution in [3.05, 3.63) is 138 Å². The topological polar surface area (TPSA) is 34.1 Å². The number of rotatable bonds is 14. The van der Waals surface area contributed by atoms with Gasteiger partial charge in [-0.2, -0.15) is 0 Å². The van der Waals surface area contributed by atoms with Gasteiger partial charge in [-0.25, -0.2) is 0 Å². The molecule has 216 valence electrons. The summed E-state index contributed by atoms with van der Waals surface area (Å²) in [4.78, 5) is 25.1. The van der Waals surface area contributed by atoms with Crippen LogP contribution in [0.25, 0.3) is 0 Å². The molecule has 0 heterocycles. The second-order valence-electron chi connectivity index (χ2n) is 11.0. The van der Waals surface area contributed by atoms with Gasteiger partial charge in [-0.15, -0.1) is 0 Å². The van der Waals surface area contributed by atoms with Crippen LogP contribution in [0.4, 0.5) is 0 Å². The van der Waals surface area contributed by atoms with E-state index in [1.807, 2.05) is 12.1 Å². The van der Waals surface area contributed by atoms with E-state index in [-0.39, 0.29) is 28.5 Å². The number of hydrogen-bond donors (Lipinski definition) is 0. The molecule has 0 aromatic heterocycles. The average Bonchev–Trinajstić information content (AvgIpc) is 3.03. The van der Waals surface area contributed by atoms with Gasteiger partial charge in [0, 0.05) is 16.7 Å². The molecule has 0 saturated heterocycles. The highest BCUT2D eigenvalue weighted by molar-refractivity contribution is 7.95. The standard InChI is InChI=1S/C38H40O2P.BrH/c39-37-30-31(38(40)36-28-18-17-27-35(36)37)20-10-5-3-1-2-4-6-19-29-41(32-21-11-7-12-22-32,33-23-13-8-14-24-33)34-25-15-9-16-26-34;/h7-9,11-18,21-28,30H,1-6,10,19-20,29H2;1H/q+1;/p-1. The zero-order chi connectivity index (χ0) is 28.3. The Hall–Kier alpha value is -3.13. The smallest absolute Gasteiger partial charge is 0.189 e. The molecule has 1 aliphatic carbocycles. The Morgan fingerprint density at radius 1 is 0.452 bits per heavy atom. The van der Waals surface area contributed by atoms with E-state index in [1.165, 1.54) is 60.6 Å². The average molecular weight is 640 g/mol. The highest BCUT2D eigenvalue weighted by Crippen LogP contribution is 2.56. The van der Waals surface area contributed by atoms with Gasteiger partial charge in [0.2, 0.25) is 0 Å². The number of benzene rings is 4. The maximum Gasteiger partial charge on any atom is 0.189 e. The zero-order valence-electron chi connectivity index (χ0n) is 24.3. The largest absolute Gasteiger partial charge is 1.00 e. The SMILES string of the molecule is O=C1C=C(CCCCCCCCCC[P+](c2ccccc2)(c2ccccc2)c2ccccc2)C(=O)c2ccccc21.[Br-]. The molecule has 4 aromatic carbocycles. The van der Waals surface area contributed by atoms with E-state index in [2.05, 4.69) is 91.0 Å². The van der Waals surface area contributed by atoms with Crippen LogP contribution in [-0.2, 0) is 0 Å². The van der Waals surface area contributed by atoms with Crippen LogP contribution in [0.2, 0.25) is 0 Å². The van der Waals surface area contributed by atoms with Crippen LogP contribution < -0.4 is 32.9 Å². The second-order valence-corrected chi connectivity index (χ2v) is 14.6. The second kappa shape index (κ2) is 15.9. The summed E-state index contributed by atoms with van der Waals surface area (Å²) < 4.78 is 0. The number of carbonyl (C=O) groups excluding carboxylic acids is 2. The molecule has 0 bridgehead atoms. The monoisotopic (exact) mass is 638 g/mol. The lowest BCUT2D eigenvalue weighted by Gasteiger charge is -2.27. The number of Topliss-reactive ketones (excluding diaryl/α,β-unsaturated/α-hetero) is 1. The van der Waals surface area contributed by atoms with Gasteiger partial charge in [0.25, 0.3) is 0 Å². The Morgan fingerprint density at radius 2 is 0.857 bits per heavy atom. The van der Waals surface area contributed by atoms with Crippen molar-refractivity contribution in [3.63, 3.8) is 0 Å². The van der Waals surface area contributed by atoms with Gasteiger partial charge in [0.05, 0.1) is 6.16 Å². The van der Waals surface area contributed by atoms with Gasteiger partial charge in [-0.3, -0.25) is 9.59 Å². The summed E-state index contributed by atoms with van der Waals surface area (Å²) in [6, 6.07) is 40.7. The van der Waals surface area contributed by atoms with Crippen molar-refractivity contribution < 1.29 is 26.6 Å². The van der Waals surface area contributed by atoms with E-state index in [4.69, 9.17) is 0 Å². The number of carbonyl (C=O) groups is 2. The lowest BCUT2D eigenvalue weighted by Crippen LogP contribution is -3.00. The molecule has 0 saturated carbocycles. The van der Waals surface area contributed by atoms with Crippen LogP contribution >= 0.6 is 7.26 Å². The van der Waals surface area contributed by atoms with Gasteiger partial charge in [-0.05, 0) is 68.2 Å². The zero-order valence-corrected chi connectivity index (χ0v) is 26.7. The van der Waals surface area contributed by atoms with Crippen LogP contribution in [0.1, 0.15) is 78.5 Å². The number of ketones is 2. The minimum Gasteiger partial charge on any atom is -1.00 e. The van der Waals surface area contributed by atoms with Gasteiger partial charge in [0.15, 0.2) is 11.6 Å². The van der Waals surface area contributed by atoms with Crippen molar-refractivity contribution in [1.29, 1.82) is 0 Å². The number of hydrogen-bond acceptors (Lipinski definition) is 2. The molecular formula is C38H40BrO2P. The summed E-state index contributed by atoms with van der Waals surface area (Å²) >= 11 is 0. The first-order valence-corrected chi connectivity index (χ1v) is 17.1. The van der Waals surface area contributed by atoms with Crippen LogP contribution in [0.3, 0.4) is 0 Å². The molecule has 4 heteroatoms. The first-order chi connectivity index (χ1) is 20.2. The van der Waals surface area contributed by atoms with Crippen LogP contribution in [0.15, 0.2) is 127 Å². The normalized spacial score (nSPS) is 12.8. The lowest BCUT2D eigenvalue weighted by atomic mass is 9.87. The van der Waals surface area contributed by atoms with Gasteiger partial charge >= 0.3 is 0 Å². The van der Waals surface area contributed by atoms with Crippen molar-refractivity contribution >= 4 is 34.7 Å². The predicted octanol–water partition coefficient (Wildman–Crippen LogP) is 5.50. The first kappa shape index (κ1) is 31.8. The van der Waals surface area contributed by atoms with E-state index in [0.29, 0.717) is 23.1 Å². The van der Waals surface area contributed by atoms with E-state index in [1.54, 1.807) is 18.2 Å². The number of halogens is 1. The maximum absolute atomic E-state index is 12.8. The summed E-state index contributed by atoms with van der Waals surface area (Å²) in [6.07, 6.45) is 12.9. The van der Waals surface area contributed by atoms with Crippen molar-refractivity contribution in [2.45, 2.75) is 57.8 Å². The minimum absolute atomic E-state index is 0. The quantitative estimate of drug-likeness (QED) is 0.135. The minimum atomic E-state index is -1.72. The van der Waals surface area contributed by atoms with E-state index >= 15 is 0 Å². The first-order valence-electron chi connectivity index (χ1n) is 15.1. The fraction of sp³-hybridized carbons (Fsp3) is 0.263. The Kier molecular flexibility index (Phi) is 12.1. The van der Waals surface area contributed by atoms with Gasteiger partial charge in [-0.1, -0.05) is 111 Å². The Balaban J connectivity index is 0.00000405. The molecule has 0 unspecified atom stereocenters. The van der Waals surface area contributed by atoms with Crippen LogP contribution in [-0.4, -0.2) is 17.7 Å². The highest BCUT2D eigenvalue weighted by Gasteiger charge is 2.44. The van der Waals surface area contributed by atoms with Crippen molar-refractivity contribution in [3.8, 4) is 0 Å². The highest BCUT2D eigenvalue weighted by atomic mass is 79.9. The third-order valence-corrected chi connectivity index (χ3v) is 12.8. The van der Waals surface area contributed by atoms with Crippen LogP contribution in [0.5, 0.6) is 0 Å². The van der Waals surface area contributed by atoms with Crippen LogP contribution in [0, 0.1) is 0 Å². The van der Waals surface area contributed by atoms with Gasteiger partial charge < -0.3 is 17.0 Å². The summed E-state index contributed by atoms with van der Waals surface area (Å²) in [7, 11) is -1.72. The maximum atomic E-state index is 12.8. The van der Waals surface area contributed by atoms with E-state index in [9.17, 15) is 9.59 Å². The molecule has 0 N–H and O–H groups in total.